The van der Waals surface area contributed by atoms with E-state index >= 15 is 0 Å². The van der Waals surface area contributed by atoms with Crippen molar-refractivity contribution in [3.05, 3.63) is 71.6 Å². The van der Waals surface area contributed by atoms with Crippen molar-refractivity contribution >= 4 is 17.7 Å². The summed E-state index contributed by atoms with van der Waals surface area (Å²) in [6, 6.07) is 10.5. The van der Waals surface area contributed by atoms with Gasteiger partial charge in [0, 0.05) is 18.4 Å². The lowest BCUT2D eigenvalue weighted by atomic mass is 10.0. The van der Waals surface area contributed by atoms with Gasteiger partial charge in [0.15, 0.2) is 17.7 Å². The third-order valence-corrected chi connectivity index (χ3v) is 4.04. The molecule has 0 saturated heterocycles. The van der Waals surface area contributed by atoms with Crippen LogP contribution in [0, 0.1) is 12.7 Å². The van der Waals surface area contributed by atoms with Gasteiger partial charge in [-0.25, -0.2) is 14.7 Å². The topological polar surface area (TPSA) is 117 Å². The number of aromatic hydroxyl groups is 1. The number of phenolic OH excluding ortho intramolecular Hbond substituents is 1. The first-order chi connectivity index (χ1) is 14.3. The van der Waals surface area contributed by atoms with Crippen LogP contribution in [0.15, 0.2) is 54.6 Å². The van der Waals surface area contributed by atoms with Crippen LogP contribution in [0.4, 0.5) is 14.9 Å². The Balaban J connectivity index is 2.31. The molecule has 0 radical (unpaired) electrons. The number of nitrogens with one attached hydrogen (secondary N) is 2. The number of phenols is 1. The van der Waals surface area contributed by atoms with E-state index in [2.05, 4.69) is 5.32 Å². The zero-order chi connectivity index (χ0) is 22.1. The third-order valence-electron chi connectivity index (χ3n) is 4.04. The molecule has 2 aromatic rings. The first-order valence-corrected chi connectivity index (χ1v) is 9.10. The number of hydroxylamine groups is 1. The zero-order valence-electron chi connectivity index (χ0n) is 16.5. The summed E-state index contributed by atoms with van der Waals surface area (Å²) >= 11 is 0. The quantitative estimate of drug-likeness (QED) is 0.296. The van der Waals surface area contributed by atoms with Gasteiger partial charge >= 0.3 is 6.09 Å². The minimum absolute atomic E-state index is 0.190. The van der Waals surface area contributed by atoms with Gasteiger partial charge in [0.05, 0.1) is 0 Å². The van der Waals surface area contributed by atoms with Gasteiger partial charge in [0.2, 0.25) is 0 Å². The van der Waals surface area contributed by atoms with E-state index < -0.39 is 35.8 Å². The maximum Gasteiger partial charge on any atom is 0.412 e. The SMILES string of the molecule is CCO[C@@H](/C=C/C(=O)NO)[C@@H](OC(=O)Nc1ccc(C)cc1)c1ccc(O)c(F)c1. The summed E-state index contributed by atoms with van der Waals surface area (Å²) in [5.41, 5.74) is 3.13. The van der Waals surface area contributed by atoms with Crippen LogP contribution < -0.4 is 10.8 Å². The van der Waals surface area contributed by atoms with Crippen LogP contribution in [0.1, 0.15) is 24.2 Å². The summed E-state index contributed by atoms with van der Waals surface area (Å²) in [7, 11) is 0. The van der Waals surface area contributed by atoms with Gasteiger partial charge in [0.25, 0.3) is 5.91 Å². The summed E-state index contributed by atoms with van der Waals surface area (Å²) in [6.07, 6.45) is -0.718. The number of amides is 2. The van der Waals surface area contributed by atoms with Crippen LogP contribution in [0.5, 0.6) is 5.75 Å². The Morgan fingerprint density at radius 1 is 1.20 bits per heavy atom. The van der Waals surface area contributed by atoms with E-state index in [9.17, 15) is 19.1 Å². The van der Waals surface area contributed by atoms with Crippen LogP contribution in [0.25, 0.3) is 0 Å². The molecule has 0 bridgehead atoms. The van der Waals surface area contributed by atoms with Crippen molar-refractivity contribution in [2.24, 2.45) is 0 Å². The second-order valence-corrected chi connectivity index (χ2v) is 6.28. The molecule has 2 aromatic carbocycles. The Labute approximate surface area is 172 Å². The Morgan fingerprint density at radius 2 is 1.90 bits per heavy atom. The van der Waals surface area contributed by atoms with Crippen molar-refractivity contribution in [1.82, 2.24) is 5.48 Å². The highest BCUT2D eigenvalue weighted by Gasteiger charge is 2.27. The predicted octanol–water partition coefficient (Wildman–Crippen LogP) is 3.60. The van der Waals surface area contributed by atoms with Gasteiger partial charge in [-0.3, -0.25) is 15.3 Å². The summed E-state index contributed by atoms with van der Waals surface area (Å²) in [6.45, 7) is 3.78. The minimum Gasteiger partial charge on any atom is -0.505 e. The third kappa shape index (κ3) is 6.57. The number of aryl methyl sites for hydroxylation is 1. The molecule has 4 N–H and O–H groups in total. The molecule has 0 aliphatic heterocycles. The molecule has 160 valence electrons. The molecule has 8 nitrogen and oxygen atoms in total. The number of carbonyl (C=O) groups is 2. The maximum atomic E-state index is 13.9. The van der Waals surface area contributed by atoms with Crippen molar-refractivity contribution in [3.63, 3.8) is 0 Å². The molecule has 0 unspecified atom stereocenters. The molecule has 0 spiro atoms. The van der Waals surface area contributed by atoms with Crippen LogP contribution in [-0.4, -0.2) is 35.0 Å². The van der Waals surface area contributed by atoms with E-state index in [1.54, 1.807) is 19.1 Å². The fraction of sp³-hybridized carbons (Fsp3) is 0.238. The molecule has 0 saturated carbocycles. The standard InChI is InChI=1S/C21H23FN2O6/c1-3-29-18(10-11-19(26)24-28)20(14-6-9-17(25)16(22)12-14)30-21(27)23-15-7-4-13(2)5-8-15/h4-12,18,20,25,28H,3H2,1-2H3,(H,23,27)(H,24,26)/b11-10+/t18-,20-/m0/s1. The second kappa shape index (κ2) is 10.9. The summed E-state index contributed by atoms with van der Waals surface area (Å²) < 4.78 is 24.9. The number of benzene rings is 2. The average molecular weight is 418 g/mol. The van der Waals surface area contributed by atoms with Gasteiger partial charge in [-0.15, -0.1) is 0 Å². The van der Waals surface area contributed by atoms with E-state index in [0.29, 0.717) is 5.69 Å². The molecule has 2 rings (SSSR count). The highest BCUT2D eigenvalue weighted by atomic mass is 19.1. The molecule has 9 heteroatoms. The Kier molecular flexibility index (Phi) is 8.33. The van der Waals surface area contributed by atoms with Crippen molar-refractivity contribution in [2.45, 2.75) is 26.1 Å². The van der Waals surface area contributed by atoms with Crippen molar-refractivity contribution in [1.29, 1.82) is 0 Å². The lowest BCUT2D eigenvalue weighted by molar-refractivity contribution is -0.124. The van der Waals surface area contributed by atoms with Crippen LogP contribution in [0.2, 0.25) is 0 Å². The number of hydrogen-bond acceptors (Lipinski definition) is 6. The van der Waals surface area contributed by atoms with E-state index in [4.69, 9.17) is 14.7 Å². The number of carbonyl (C=O) groups excluding carboxylic acids is 2. The van der Waals surface area contributed by atoms with E-state index in [-0.39, 0.29) is 12.2 Å². The fourth-order valence-corrected chi connectivity index (χ4v) is 2.58. The molecule has 0 aliphatic carbocycles. The second-order valence-electron chi connectivity index (χ2n) is 6.28. The number of halogens is 1. The van der Waals surface area contributed by atoms with Crippen molar-refractivity contribution in [2.75, 3.05) is 11.9 Å². The van der Waals surface area contributed by atoms with Gasteiger partial charge in [-0.05, 0) is 49.8 Å². The first kappa shape index (κ1) is 22.9. The molecule has 2 atom stereocenters. The van der Waals surface area contributed by atoms with Gasteiger partial charge in [-0.1, -0.05) is 23.8 Å². The summed E-state index contributed by atoms with van der Waals surface area (Å²) in [5.74, 6) is -2.29. The van der Waals surface area contributed by atoms with Crippen molar-refractivity contribution < 1.29 is 33.8 Å². The number of anilines is 1. The van der Waals surface area contributed by atoms with Gasteiger partial charge < -0.3 is 14.6 Å². The smallest absolute Gasteiger partial charge is 0.412 e. The summed E-state index contributed by atoms with van der Waals surface area (Å²) in [4.78, 5) is 23.8. The van der Waals surface area contributed by atoms with E-state index in [0.717, 1.165) is 23.8 Å². The molecule has 0 aliphatic rings. The monoisotopic (exact) mass is 418 g/mol. The first-order valence-electron chi connectivity index (χ1n) is 9.10. The minimum atomic E-state index is -1.16. The molecular weight excluding hydrogens is 395 g/mol. The highest BCUT2D eigenvalue weighted by Crippen LogP contribution is 2.29. The normalized spacial score (nSPS) is 12.9. The predicted molar refractivity (Wildman–Crippen MR) is 107 cm³/mol. The molecule has 30 heavy (non-hydrogen) atoms. The maximum absolute atomic E-state index is 13.9. The van der Waals surface area contributed by atoms with E-state index in [1.807, 2.05) is 19.1 Å². The number of hydrogen-bond donors (Lipinski definition) is 4. The van der Waals surface area contributed by atoms with Crippen molar-refractivity contribution in [3.8, 4) is 5.75 Å². The zero-order valence-corrected chi connectivity index (χ0v) is 16.5. The fourth-order valence-electron chi connectivity index (χ4n) is 2.58. The van der Waals surface area contributed by atoms with Gasteiger partial charge in [0.1, 0.15) is 6.10 Å². The van der Waals surface area contributed by atoms with Crippen LogP contribution in [0.3, 0.4) is 0 Å². The Bertz CT molecular complexity index is 901. The lowest BCUT2D eigenvalue weighted by Crippen LogP contribution is -2.28. The Morgan fingerprint density at radius 3 is 2.50 bits per heavy atom. The molecule has 0 heterocycles. The van der Waals surface area contributed by atoms with Gasteiger partial charge in [-0.2, -0.15) is 0 Å². The number of ether oxygens (including phenoxy) is 2. The summed E-state index contributed by atoms with van der Waals surface area (Å²) in [5, 5.41) is 20.7. The largest absolute Gasteiger partial charge is 0.505 e. The number of rotatable bonds is 8. The molecular formula is C21H23FN2O6. The molecule has 0 aromatic heterocycles. The average Bonchev–Trinajstić information content (AvgIpc) is 2.73. The molecule has 2 amide bonds. The lowest BCUT2D eigenvalue weighted by Gasteiger charge is -2.25. The molecule has 0 fully saturated rings. The van der Waals surface area contributed by atoms with Crippen LogP contribution in [-0.2, 0) is 14.3 Å². The highest BCUT2D eigenvalue weighted by molar-refractivity contribution is 5.86. The van der Waals surface area contributed by atoms with Crippen LogP contribution >= 0.6 is 0 Å². The van der Waals surface area contributed by atoms with E-state index in [1.165, 1.54) is 17.6 Å². The Hall–Kier alpha value is -3.43.